The molecule has 0 aromatic heterocycles. The fourth-order valence-electron chi connectivity index (χ4n) is 3.19. The first kappa shape index (κ1) is 18.8. The molecule has 0 saturated heterocycles. The number of nitrogens with zero attached hydrogens (tertiary/aromatic N) is 1. The number of rotatable bonds is 5. The number of methoxy groups -OCH3 is 1. The zero-order chi connectivity index (χ0) is 20.4. The fraction of sp³-hybridized carbons (Fsp3) is 0.0435. The van der Waals surface area contributed by atoms with Gasteiger partial charge in [-0.15, -0.1) is 0 Å². The molecule has 1 aliphatic heterocycles. The minimum atomic E-state index is -0.460. The van der Waals surface area contributed by atoms with Crippen LogP contribution in [0.4, 0.5) is 11.4 Å². The van der Waals surface area contributed by atoms with Gasteiger partial charge >= 0.3 is 0 Å². The van der Waals surface area contributed by atoms with Crippen LogP contribution in [0.25, 0.3) is 5.57 Å². The Bertz CT molecular complexity index is 1110. The van der Waals surface area contributed by atoms with E-state index < -0.39 is 11.8 Å². The molecule has 0 atom stereocenters. The molecule has 1 N–H and O–H groups in total. The number of ether oxygens (including phenoxy) is 1. The van der Waals surface area contributed by atoms with Gasteiger partial charge in [0.2, 0.25) is 0 Å². The van der Waals surface area contributed by atoms with Crippen molar-refractivity contribution in [2.75, 3.05) is 17.3 Å². The van der Waals surface area contributed by atoms with Crippen molar-refractivity contribution < 1.29 is 14.3 Å². The third-order valence-electron chi connectivity index (χ3n) is 4.60. The molecule has 0 fully saturated rings. The smallest absolute Gasteiger partial charge is 0.282 e. The summed E-state index contributed by atoms with van der Waals surface area (Å²) in [5, 5.41) is 3.43. The molecule has 4 rings (SSSR count). The van der Waals surface area contributed by atoms with E-state index in [1.807, 2.05) is 30.3 Å². The van der Waals surface area contributed by atoms with Gasteiger partial charge in [-0.05, 0) is 42.0 Å². The molecule has 1 aliphatic rings. The molecule has 3 aromatic carbocycles. The Labute approximate surface area is 173 Å². The van der Waals surface area contributed by atoms with E-state index in [2.05, 4.69) is 5.32 Å². The summed E-state index contributed by atoms with van der Waals surface area (Å²) < 4.78 is 5.20. The number of halogens is 1. The maximum Gasteiger partial charge on any atom is 0.282 e. The molecule has 3 aromatic rings. The van der Waals surface area contributed by atoms with Crippen molar-refractivity contribution in [2.24, 2.45) is 0 Å². The quantitative estimate of drug-likeness (QED) is 0.624. The Morgan fingerprint density at radius 1 is 0.828 bits per heavy atom. The van der Waals surface area contributed by atoms with Crippen LogP contribution in [0.5, 0.6) is 5.75 Å². The maximum absolute atomic E-state index is 13.3. The van der Waals surface area contributed by atoms with Crippen molar-refractivity contribution in [3.8, 4) is 5.75 Å². The highest BCUT2D eigenvalue weighted by molar-refractivity contribution is 6.48. The predicted molar refractivity (Wildman–Crippen MR) is 114 cm³/mol. The van der Waals surface area contributed by atoms with Gasteiger partial charge in [-0.1, -0.05) is 54.1 Å². The second-order valence-electron chi connectivity index (χ2n) is 6.37. The van der Waals surface area contributed by atoms with E-state index in [4.69, 9.17) is 16.3 Å². The topological polar surface area (TPSA) is 58.6 Å². The van der Waals surface area contributed by atoms with Gasteiger partial charge in [0, 0.05) is 5.69 Å². The molecule has 1 heterocycles. The van der Waals surface area contributed by atoms with E-state index >= 15 is 0 Å². The van der Waals surface area contributed by atoms with Crippen molar-refractivity contribution in [2.45, 2.75) is 0 Å². The average Bonchev–Trinajstić information content (AvgIpc) is 2.99. The average molecular weight is 405 g/mol. The highest BCUT2D eigenvalue weighted by Gasteiger charge is 2.41. The number of anilines is 2. The van der Waals surface area contributed by atoms with Gasteiger partial charge in [-0.2, -0.15) is 0 Å². The minimum absolute atomic E-state index is 0.200. The molecule has 29 heavy (non-hydrogen) atoms. The van der Waals surface area contributed by atoms with Gasteiger partial charge in [0.15, 0.2) is 0 Å². The van der Waals surface area contributed by atoms with Gasteiger partial charge < -0.3 is 10.1 Å². The molecule has 2 amide bonds. The van der Waals surface area contributed by atoms with E-state index in [-0.39, 0.29) is 11.3 Å². The highest BCUT2D eigenvalue weighted by Crippen LogP contribution is 2.36. The molecular weight excluding hydrogens is 388 g/mol. The van der Waals surface area contributed by atoms with Crippen LogP contribution < -0.4 is 15.0 Å². The van der Waals surface area contributed by atoms with Crippen molar-refractivity contribution in [1.29, 1.82) is 0 Å². The summed E-state index contributed by atoms with van der Waals surface area (Å²) in [4.78, 5) is 27.7. The number of imide groups is 1. The largest absolute Gasteiger partial charge is 0.497 e. The Morgan fingerprint density at radius 2 is 1.48 bits per heavy atom. The fourth-order valence-corrected chi connectivity index (χ4v) is 3.41. The van der Waals surface area contributed by atoms with Crippen LogP contribution in [0.1, 0.15) is 5.56 Å². The zero-order valence-electron chi connectivity index (χ0n) is 15.6. The van der Waals surface area contributed by atoms with Gasteiger partial charge in [0.1, 0.15) is 11.4 Å². The second kappa shape index (κ2) is 7.81. The van der Waals surface area contributed by atoms with Gasteiger partial charge in [-0.3, -0.25) is 9.59 Å². The van der Waals surface area contributed by atoms with Gasteiger partial charge in [-0.25, -0.2) is 4.90 Å². The number of hydrogen-bond acceptors (Lipinski definition) is 4. The predicted octanol–water partition coefficient (Wildman–Crippen LogP) is 4.75. The van der Waals surface area contributed by atoms with Crippen molar-refractivity contribution >= 4 is 40.4 Å². The Hall–Kier alpha value is -3.57. The monoisotopic (exact) mass is 404 g/mol. The van der Waals surface area contributed by atoms with Crippen LogP contribution in [-0.2, 0) is 9.59 Å². The molecule has 0 bridgehead atoms. The number of carbonyl (C=O) groups excluding carboxylic acids is 2. The van der Waals surface area contributed by atoms with Gasteiger partial charge in [0.05, 0.1) is 23.4 Å². The lowest BCUT2D eigenvalue weighted by Crippen LogP contribution is -2.32. The number of carbonyl (C=O) groups is 2. The Balaban J connectivity index is 1.83. The third kappa shape index (κ3) is 3.48. The summed E-state index contributed by atoms with van der Waals surface area (Å²) in [5.74, 6) is -0.240. The zero-order valence-corrected chi connectivity index (χ0v) is 16.3. The number of hydrogen-bond donors (Lipinski definition) is 1. The molecule has 0 saturated carbocycles. The first-order chi connectivity index (χ1) is 14.1. The van der Waals surface area contributed by atoms with Crippen molar-refractivity contribution in [1.82, 2.24) is 0 Å². The summed E-state index contributed by atoms with van der Waals surface area (Å²) in [7, 11) is 1.57. The minimum Gasteiger partial charge on any atom is -0.497 e. The Morgan fingerprint density at radius 3 is 2.14 bits per heavy atom. The lowest BCUT2D eigenvalue weighted by atomic mass is 10.0. The van der Waals surface area contributed by atoms with E-state index in [1.165, 1.54) is 0 Å². The van der Waals surface area contributed by atoms with E-state index in [0.717, 1.165) is 4.90 Å². The number of benzene rings is 3. The van der Waals surface area contributed by atoms with Crippen LogP contribution in [0.3, 0.4) is 0 Å². The molecule has 0 aliphatic carbocycles. The van der Waals surface area contributed by atoms with Crippen LogP contribution in [0, 0.1) is 0 Å². The second-order valence-corrected chi connectivity index (χ2v) is 6.77. The molecule has 0 radical (unpaired) electrons. The normalized spacial score (nSPS) is 13.8. The summed E-state index contributed by atoms with van der Waals surface area (Å²) >= 11 is 6.27. The molecule has 0 spiro atoms. The Kier molecular flexibility index (Phi) is 5.06. The van der Waals surface area contributed by atoms with Crippen LogP contribution >= 0.6 is 11.6 Å². The lowest BCUT2D eigenvalue weighted by Gasteiger charge is -2.16. The standard InChI is InChI=1S/C23H17ClN2O3/c1-29-17-13-11-15(12-14-17)20-21(25-16-7-3-2-4-8-16)23(28)26(22(20)27)19-10-6-5-9-18(19)24/h2-14,25H,1H3. The molecule has 5 nitrogen and oxygen atoms in total. The van der Waals surface area contributed by atoms with Crippen molar-refractivity contribution in [3.63, 3.8) is 0 Å². The van der Waals surface area contributed by atoms with Crippen molar-refractivity contribution in [3.05, 3.63) is 95.1 Å². The SMILES string of the molecule is COc1ccc(C2=C(Nc3ccccc3)C(=O)N(c3ccccc3Cl)C2=O)cc1. The number of amides is 2. The van der Waals surface area contributed by atoms with E-state index in [1.54, 1.807) is 55.6 Å². The molecule has 6 heteroatoms. The van der Waals surface area contributed by atoms with Crippen LogP contribution in [-0.4, -0.2) is 18.9 Å². The highest BCUT2D eigenvalue weighted by atomic mass is 35.5. The number of para-hydroxylation sites is 2. The first-order valence-corrected chi connectivity index (χ1v) is 9.32. The molecule has 144 valence electrons. The lowest BCUT2D eigenvalue weighted by molar-refractivity contribution is -0.120. The maximum atomic E-state index is 13.3. The van der Waals surface area contributed by atoms with Crippen LogP contribution in [0.15, 0.2) is 84.6 Å². The first-order valence-electron chi connectivity index (χ1n) is 8.94. The van der Waals surface area contributed by atoms with E-state index in [9.17, 15) is 9.59 Å². The summed E-state index contributed by atoms with van der Waals surface area (Å²) in [5.41, 5.74) is 2.14. The van der Waals surface area contributed by atoms with E-state index in [0.29, 0.717) is 27.7 Å². The molecular formula is C23H17ClN2O3. The third-order valence-corrected chi connectivity index (χ3v) is 4.92. The molecule has 0 unspecified atom stereocenters. The summed E-state index contributed by atoms with van der Waals surface area (Å²) in [6.07, 6.45) is 0. The summed E-state index contributed by atoms with van der Waals surface area (Å²) in [6.45, 7) is 0. The summed E-state index contributed by atoms with van der Waals surface area (Å²) in [6, 6.07) is 23.0. The van der Waals surface area contributed by atoms with Gasteiger partial charge in [0.25, 0.3) is 11.8 Å². The van der Waals surface area contributed by atoms with Crippen LogP contribution in [0.2, 0.25) is 5.02 Å². The number of nitrogens with one attached hydrogen (secondary N) is 1.